The van der Waals surface area contributed by atoms with Crippen LogP contribution in [0, 0.1) is 0 Å². The number of nitrogens with zero attached hydrogens (tertiary/aromatic N) is 3. The van der Waals surface area contributed by atoms with Gasteiger partial charge >= 0.3 is 0 Å². The topological polar surface area (TPSA) is 37.7 Å². The number of hydrogen-bond donors (Lipinski definition) is 0. The number of anilines is 1. The third-order valence-corrected chi connectivity index (χ3v) is 4.71. The zero-order valence-corrected chi connectivity index (χ0v) is 13.5. The monoisotopic (exact) mass is 301 g/mol. The zero-order valence-electron chi connectivity index (χ0n) is 13.5. The van der Waals surface area contributed by atoms with E-state index in [0.29, 0.717) is 12.3 Å². The third kappa shape index (κ3) is 2.62. The van der Waals surface area contributed by atoms with Gasteiger partial charge in [-0.3, -0.25) is 9.63 Å². The number of rotatable bonds is 4. The molecule has 1 amide bonds. The summed E-state index contributed by atoms with van der Waals surface area (Å²) in [6.07, 6.45) is 5.30. The fourth-order valence-electron chi connectivity index (χ4n) is 3.40. The number of piperidine rings is 1. The van der Waals surface area contributed by atoms with Crippen LogP contribution < -0.4 is 5.06 Å². The van der Waals surface area contributed by atoms with Crippen LogP contribution in [0.5, 0.6) is 0 Å². The summed E-state index contributed by atoms with van der Waals surface area (Å²) in [7, 11) is 5.76. The van der Waals surface area contributed by atoms with E-state index in [9.17, 15) is 4.79 Å². The van der Waals surface area contributed by atoms with Gasteiger partial charge in [0.25, 0.3) is 0 Å². The second kappa shape index (κ2) is 6.10. The number of aryl methyl sites for hydroxylation is 1. The number of carbonyl (C=O) groups excluding carboxylic acids is 1. The highest BCUT2D eigenvalue weighted by Gasteiger charge is 2.22. The molecule has 3 rings (SSSR count). The Labute approximate surface area is 131 Å². The van der Waals surface area contributed by atoms with Gasteiger partial charge in [-0.15, -0.1) is 0 Å². The molecule has 1 saturated heterocycles. The van der Waals surface area contributed by atoms with Gasteiger partial charge in [-0.25, -0.2) is 0 Å². The van der Waals surface area contributed by atoms with Gasteiger partial charge in [0.05, 0.1) is 12.8 Å². The Morgan fingerprint density at radius 3 is 2.64 bits per heavy atom. The summed E-state index contributed by atoms with van der Waals surface area (Å²) >= 11 is 0. The van der Waals surface area contributed by atoms with Crippen molar-refractivity contribution < 1.29 is 9.63 Å². The Morgan fingerprint density at radius 1 is 1.27 bits per heavy atom. The van der Waals surface area contributed by atoms with Gasteiger partial charge in [0, 0.05) is 24.1 Å². The number of hydroxylamine groups is 1. The van der Waals surface area contributed by atoms with E-state index in [0.717, 1.165) is 18.8 Å². The lowest BCUT2D eigenvalue weighted by Gasteiger charge is -2.28. The molecule has 0 bridgehead atoms. The molecule has 5 nitrogen and oxygen atoms in total. The van der Waals surface area contributed by atoms with E-state index in [4.69, 9.17) is 4.84 Å². The van der Waals surface area contributed by atoms with E-state index >= 15 is 0 Å². The molecule has 0 spiro atoms. The lowest BCUT2D eigenvalue weighted by atomic mass is 9.89. The first-order valence-corrected chi connectivity index (χ1v) is 7.70. The minimum atomic E-state index is 0.586. The maximum Gasteiger partial charge on any atom is 0.238 e. The first-order chi connectivity index (χ1) is 10.6. The van der Waals surface area contributed by atoms with Crippen molar-refractivity contribution in [1.29, 1.82) is 0 Å². The van der Waals surface area contributed by atoms with Crippen LogP contribution in [-0.2, 0) is 16.7 Å². The van der Waals surface area contributed by atoms with E-state index in [1.165, 1.54) is 41.5 Å². The van der Waals surface area contributed by atoms with E-state index in [1.54, 1.807) is 0 Å². The molecule has 2 aromatic rings. The van der Waals surface area contributed by atoms with E-state index < -0.39 is 0 Å². The molecule has 0 unspecified atom stereocenters. The lowest BCUT2D eigenvalue weighted by Crippen LogP contribution is -2.29. The molecule has 0 N–H and O–H groups in total. The first kappa shape index (κ1) is 15.1. The summed E-state index contributed by atoms with van der Waals surface area (Å²) < 4.78 is 2.17. The normalized spacial score (nSPS) is 17.0. The molecular formula is C17H23N3O2. The number of hydrogen-bond acceptors (Lipinski definition) is 3. The van der Waals surface area contributed by atoms with E-state index in [-0.39, 0.29) is 0 Å². The minimum absolute atomic E-state index is 0.586. The highest BCUT2D eigenvalue weighted by Crippen LogP contribution is 2.35. The molecule has 118 valence electrons. The molecule has 1 aliphatic heterocycles. The number of carbonyl (C=O) groups is 1. The Hall–Kier alpha value is -1.85. The van der Waals surface area contributed by atoms with Crippen molar-refractivity contribution in [2.24, 2.45) is 7.05 Å². The second-order valence-electron chi connectivity index (χ2n) is 6.09. The highest BCUT2D eigenvalue weighted by molar-refractivity contribution is 5.89. The van der Waals surface area contributed by atoms with Gasteiger partial charge in [0.1, 0.15) is 0 Å². The van der Waals surface area contributed by atoms with Crippen LogP contribution in [0.3, 0.4) is 0 Å². The van der Waals surface area contributed by atoms with Crippen LogP contribution in [0.2, 0.25) is 0 Å². The molecule has 5 heteroatoms. The first-order valence-electron chi connectivity index (χ1n) is 7.70. The fourth-order valence-corrected chi connectivity index (χ4v) is 3.40. The molecule has 2 heterocycles. The molecule has 0 atom stereocenters. The lowest BCUT2D eigenvalue weighted by molar-refractivity contribution is -0.112. The predicted octanol–water partition coefficient (Wildman–Crippen LogP) is 2.51. The molecule has 1 aromatic carbocycles. The molecule has 0 radical (unpaired) electrons. The SMILES string of the molecule is CON(C=O)c1ccc2c(c1)c(C1CCN(C)CC1)cn2C. The summed E-state index contributed by atoms with van der Waals surface area (Å²) in [5.41, 5.74) is 3.35. The molecule has 22 heavy (non-hydrogen) atoms. The minimum Gasteiger partial charge on any atom is -0.350 e. The number of benzene rings is 1. The maximum absolute atomic E-state index is 11.1. The molecule has 1 fully saturated rings. The summed E-state index contributed by atoms with van der Waals surface area (Å²) in [5, 5.41) is 2.48. The van der Waals surface area contributed by atoms with Crippen molar-refractivity contribution in [3.8, 4) is 0 Å². The van der Waals surface area contributed by atoms with E-state index in [1.807, 2.05) is 6.07 Å². The van der Waals surface area contributed by atoms with Crippen molar-refractivity contribution in [2.75, 3.05) is 32.3 Å². The number of amides is 1. The van der Waals surface area contributed by atoms with Crippen molar-refractivity contribution in [3.63, 3.8) is 0 Å². The summed E-state index contributed by atoms with van der Waals surface area (Å²) in [6.45, 7) is 2.28. The van der Waals surface area contributed by atoms with Crippen molar-refractivity contribution in [1.82, 2.24) is 9.47 Å². The van der Waals surface area contributed by atoms with Crippen LogP contribution in [0.25, 0.3) is 10.9 Å². The zero-order chi connectivity index (χ0) is 15.7. The van der Waals surface area contributed by atoms with Crippen molar-refractivity contribution in [3.05, 3.63) is 30.0 Å². The van der Waals surface area contributed by atoms with Crippen LogP contribution in [0.1, 0.15) is 24.3 Å². The largest absolute Gasteiger partial charge is 0.350 e. The third-order valence-electron chi connectivity index (χ3n) is 4.71. The van der Waals surface area contributed by atoms with Gasteiger partial charge in [-0.1, -0.05) is 0 Å². The number of aromatic nitrogens is 1. The van der Waals surface area contributed by atoms with Gasteiger partial charge in [0.2, 0.25) is 6.41 Å². The van der Waals surface area contributed by atoms with Crippen LogP contribution in [0.15, 0.2) is 24.4 Å². The summed E-state index contributed by atoms with van der Waals surface area (Å²) in [6, 6.07) is 6.03. The molecule has 1 aromatic heterocycles. The predicted molar refractivity (Wildman–Crippen MR) is 87.9 cm³/mol. The average Bonchev–Trinajstić information content (AvgIpc) is 2.86. The fraction of sp³-hybridized carbons (Fsp3) is 0.471. The second-order valence-corrected chi connectivity index (χ2v) is 6.09. The van der Waals surface area contributed by atoms with Crippen LogP contribution in [0.4, 0.5) is 5.69 Å². The summed E-state index contributed by atoms with van der Waals surface area (Å²) in [4.78, 5) is 18.6. The highest BCUT2D eigenvalue weighted by atomic mass is 16.7. The van der Waals surface area contributed by atoms with Crippen molar-refractivity contribution in [2.45, 2.75) is 18.8 Å². The van der Waals surface area contributed by atoms with Gasteiger partial charge in [-0.05, 0) is 62.7 Å². The molecular weight excluding hydrogens is 278 g/mol. The Bertz CT molecular complexity index is 672. The van der Waals surface area contributed by atoms with Gasteiger partial charge < -0.3 is 9.47 Å². The number of likely N-dealkylation sites (tertiary alicyclic amines) is 1. The maximum atomic E-state index is 11.1. The standard InChI is InChI=1S/C17H23N3O2/c1-18-8-6-13(7-9-18)16-11-19(2)17-5-4-14(10-15(16)17)20(12-21)22-3/h4-5,10-13H,6-9H2,1-3H3. The Kier molecular flexibility index (Phi) is 4.18. The average molecular weight is 301 g/mol. The van der Waals surface area contributed by atoms with Crippen LogP contribution in [-0.4, -0.2) is 43.1 Å². The van der Waals surface area contributed by atoms with E-state index in [2.05, 4.69) is 41.9 Å². The molecule has 0 saturated carbocycles. The quantitative estimate of drug-likeness (QED) is 0.643. The Balaban J connectivity index is 2.02. The molecule has 1 aliphatic rings. The molecule has 0 aliphatic carbocycles. The van der Waals surface area contributed by atoms with Crippen molar-refractivity contribution >= 4 is 23.0 Å². The van der Waals surface area contributed by atoms with Gasteiger partial charge in [-0.2, -0.15) is 5.06 Å². The number of fused-ring (bicyclic) bond motifs is 1. The Morgan fingerprint density at radius 2 is 2.00 bits per heavy atom. The smallest absolute Gasteiger partial charge is 0.238 e. The van der Waals surface area contributed by atoms with Gasteiger partial charge in [0.15, 0.2) is 0 Å². The van der Waals surface area contributed by atoms with Crippen LogP contribution >= 0.6 is 0 Å². The summed E-state index contributed by atoms with van der Waals surface area (Å²) in [5.74, 6) is 0.586.